The second kappa shape index (κ2) is 6.84. The number of fused-ring (bicyclic) bond motifs is 1. The molecule has 0 radical (unpaired) electrons. The zero-order valence-corrected chi connectivity index (χ0v) is 13.3. The van der Waals surface area contributed by atoms with E-state index in [-0.39, 0.29) is 12.1 Å². The molecule has 23 heavy (non-hydrogen) atoms. The van der Waals surface area contributed by atoms with Crippen molar-refractivity contribution in [1.82, 2.24) is 10.6 Å². The first-order valence-electron chi connectivity index (χ1n) is 7.99. The third-order valence-electron chi connectivity index (χ3n) is 4.31. The molecule has 0 saturated carbocycles. The normalized spacial score (nSPS) is 19.2. The lowest BCUT2D eigenvalue weighted by Crippen LogP contribution is -2.41. The van der Waals surface area contributed by atoms with Crippen molar-refractivity contribution in [3.8, 4) is 0 Å². The highest BCUT2D eigenvalue weighted by atomic mass is 16.3. The molecular weight excluding hydrogens is 288 g/mol. The molecule has 3 rings (SSSR count). The van der Waals surface area contributed by atoms with E-state index in [1.807, 2.05) is 24.3 Å². The van der Waals surface area contributed by atoms with Gasteiger partial charge in [0.25, 0.3) is 0 Å². The quantitative estimate of drug-likeness (QED) is 0.812. The topological polar surface area (TPSA) is 61.4 Å². The van der Waals surface area contributed by atoms with Crippen molar-refractivity contribution in [3.05, 3.63) is 70.8 Å². The highest BCUT2D eigenvalue weighted by Gasteiger charge is 2.31. The van der Waals surface area contributed by atoms with E-state index in [1.54, 1.807) is 0 Å². The molecule has 0 saturated heterocycles. The minimum Gasteiger partial charge on any atom is -0.390 e. The fraction of sp³-hybridized carbons (Fsp3) is 0.316. The van der Waals surface area contributed by atoms with Gasteiger partial charge in [0, 0.05) is 13.0 Å². The summed E-state index contributed by atoms with van der Waals surface area (Å²) in [5.41, 5.74) is 4.54. The fourth-order valence-electron chi connectivity index (χ4n) is 3.02. The van der Waals surface area contributed by atoms with Gasteiger partial charge < -0.3 is 15.7 Å². The Bertz CT molecular complexity index is 682. The Morgan fingerprint density at radius 2 is 1.91 bits per heavy atom. The Balaban J connectivity index is 1.51. The van der Waals surface area contributed by atoms with Crippen LogP contribution in [0.25, 0.3) is 0 Å². The average molecular weight is 310 g/mol. The van der Waals surface area contributed by atoms with Crippen LogP contribution in [0.5, 0.6) is 0 Å². The number of rotatable bonds is 4. The number of amides is 2. The molecule has 0 spiro atoms. The highest BCUT2D eigenvalue weighted by Crippen LogP contribution is 2.30. The lowest BCUT2D eigenvalue weighted by Gasteiger charge is -2.18. The first-order valence-corrected chi connectivity index (χ1v) is 7.99. The van der Waals surface area contributed by atoms with Gasteiger partial charge in [0.1, 0.15) is 0 Å². The van der Waals surface area contributed by atoms with Crippen LogP contribution in [0.15, 0.2) is 48.5 Å². The molecule has 0 fully saturated rings. The molecular formula is C19H22N2O2. The maximum atomic E-state index is 12.1. The van der Waals surface area contributed by atoms with Gasteiger partial charge in [0.15, 0.2) is 0 Å². The van der Waals surface area contributed by atoms with Gasteiger partial charge in [-0.25, -0.2) is 4.79 Å². The van der Waals surface area contributed by atoms with Crippen molar-refractivity contribution in [1.29, 1.82) is 0 Å². The molecule has 0 aliphatic heterocycles. The van der Waals surface area contributed by atoms with E-state index in [2.05, 4.69) is 41.8 Å². The van der Waals surface area contributed by atoms with Crippen molar-refractivity contribution >= 4 is 6.03 Å². The highest BCUT2D eigenvalue weighted by molar-refractivity contribution is 5.74. The van der Waals surface area contributed by atoms with Crippen molar-refractivity contribution in [2.45, 2.75) is 31.9 Å². The van der Waals surface area contributed by atoms with Crippen molar-refractivity contribution in [3.63, 3.8) is 0 Å². The number of carbonyl (C=O) groups excluding carboxylic acids is 1. The van der Waals surface area contributed by atoms with Crippen LogP contribution in [-0.4, -0.2) is 23.8 Å². The Kier molecular flexibility index (Phi) is 4.63. The number of benzene rings is 2. The summed E-state index contributed by atoms with van der Waals surface area (Å²) in [4.78, 5) is 12.1. The van der Waals surface area contributed by atoms with Crippen LogP contribution < -0.4 is 10.6 Å². The van der Waals surface area contributed by atoms with Crippen LogP contribution >= 0.6 is 0 Å². The average Bonchev–Trinajstić information content (AvgIpc) is 2.85. The van der Waals surface area contributed by atoms with Gasteiger partial charge in [0.2, 0.25) is 0 Å². The van der Waals surface area contributed by atoms with E-state index in [1.165, 1.54) is 11.1 Å². The first kappa shape index (κ1) is 15.6. The molecule has 1 aliphatic rings. The first-order chi connectivity index (χ1) is 11.1. The second-order valence-corrected chi connectivity index (χ2v) is 6.08. The lowest BCUT2D eigenvalue weighted by molar-refractivity contribution is 0.142. The predicted molar refractivity (Wildman–Crippen MR) is 90.3 cm³/mol. The SMILES string of the molecule is Cc1ccc(CCNC(=O)NC2c3ccccc3CC2O)cc1. The lowest BCUT2D eigenvalue weighted by atomic mass is 10.1. The van der Waals surface area contributed by atoms with Crippen molar-refractivity contribution in [2.24, 2.45) is 0 Å². The molecule has 4 heteroatoms. The molecule has 2 unspecified atom stereocenters. The molecule has 4 nitrogen and oxygen atoms in total. The van der Waals surface area contributed by atoms with Gasteiger partial charge in [-0.3, -0.25) is 0 Å². The van der Waals surface area contributed by atoms with E-state index in [9.17, 15) is 9.90 Å². The Morgan fingerprint density at radius 1 is 1.17 bits per heavy atom. The fourth-order valence-corrected chi connectivity index (χ4v) is 3.02. The second-order valence-electron chi connectivity index (χ2n) is 6.08. The molecule has 120 valence electrons. The van der Waals surface area contributed by atoms with Gasteiger partial charge in [-0.1, -0.05) is 54.1 Å². The maximum Gasteiger partial charge on any atom is 0.315 e. The standard InChI is InChI=1S/C19H22N2O2/c1-13-6-8-14(9-7-13)10-11-20-19(23)21-18-16-5-3-2-4-15(16)12-17(18)22/h2-9,17-18,22H,10-12H2,1H3,(H2,20,21,23). The van der Waals surface area contributed by atoms with E-state index in [0.717, 1.165) is 17.5 Å². The third kappa shape index (κ3) is 3.71. The van der Waals surface area contributed by atoms with Crippen molar-refractivity contribution in [2.75, 3.05) is 6.54 Å². The molecule has 1 aliphatic carbocycles. The number of aryl methyl sites for hydroxylation is 1. The molecule has 2 atom stereocenters. The summed E-state index contributed by atoms with van der Waals surface area (Å²) < 4.78 is 0. The van der Waals surface area contributed by atoms with Gasteiger partial charge in [-0.05, 0) is 30.0 Å². The predicted octanol–water partition coefficient (Wildman–Crippen LogP) is 2.50. The molecule has 0 heterocycles. The summed E-state index contributed by atoms with van der Waals surface area (Å²) in [7, 11) is 0. The van der Waals surface area contributed by atoms with E-state index >= 15 is 0 Å². The number of hydrogen-bond acceptors (Lipinski definition) is 2. The van der Waals surface area contributed by atoms with Gasteiger partial charge in [0.05, 0.1) is 12.1 Å². The largest absolute Gasteiger partial charge is 0.390 e. The minimum absolute atomic E-state index is 0.238. The summed E-state index contributed by atoms with van der Waals surface area (Å²) in [5.74, 6) is 0. The summed E-state index contributed by atoms with van der Waals surface area (Å²) in [6.07, 6.45) is 0.817. The van der Waals surface area contributed by atoms with E-state index in [4.69, 9.17) is 0 Å². The summed E-state index contributed by atoms with van der Waals surface area (Å²) >= 11 is 0. The number of nitrogens with one attached hydrogen (secondary N) is 2. The summed E-state index contributed by atoms with van der Waals surface area (Å²) in [6.45, 7) is 2.62. The zero-order valence-electron chi connectivity index (χ0n) is 13.3. The van der Waals surface area contributed by atoms with Crippen LogP contribution in [0.1, 0.15) is 28.3 Å². The third-order valence-corrected chi connectivity index (χ3v) is 4.31. The minimum atomic E-state index is -0.560. The van der Waals surface area contributed by atoms with Gasteiger partial charge >= 0.3 is 6.03 Å². The Labute approximate surface area is 136 Å². The molecule has 3 N–H and O–H groups in total. The maximum absolute atomic E-state index is 12.1. The molecule has 2 aromatic carbocycles. The van der Waals surface area contributed by atoms with E-state index < -0.39 is 6.10 Å². The molecule has 2 amide bonds. The number of hydrogen-bond donors (Lipinski definition) is 3. The van der Waals surface area contributed by atoms with Gasteiger partial charge in [-0.15, -0.1) is 0 Å². The smallest absolute Gasteiger partial charge is 0.315 e. The van der Waals surface area contributed by atoms with E-state index in [0.29, 0.717) is 13.0 Å². The number of aliphatic hydroxyl groups excluding tert-OH is 1. The molecule has 0 bridgehead atoms. The van der Waals surface area contributed by atoms with Crippen molar-refractivity contribution < 1.29 is 9.90 Å². The zero-order chi connectivity index (χ0) is 16.2. The number of carbonyl (C=O) groups is 1. The van der Waals surface area contributed by atoms with Gasteiger partial charge in [-0.2, -0.15) is 0 Å². The Morgan fingerprint density at radius 3 is 2.70 bits per heavy atom. The summed E-state index contributed by atoms with van der Waals surface area (Å²) in [5, 5.41) is 15.9. The van der Waals surface area contributed by atoms with Crippen LogP contribution in [0.3, 0.4) is 0 Å². The van der Waals surface area contributed by atoms with Crippen LogP contribution in [0.4, 0.5) is 4.79 Å². The van der Waals surface area contributed by atoms with Crippen LogP contribution in [0, 0.1) is 6.92 Å². The number of urea groups is 1. The molecule has 2 aromatic rings. The Hall–Kier alpha value is -2.33. The molecule has 0 aromatic heterocycles. The monoisotopic (exact) mass is 310 g/mol. The van der Waals surface area contributed by atoms with Crippen LogP contribution in [0.2, 0.25) is 0 Å². The summed E-state index contributed by atoms with van der Waals surface area (Å²) in [6, 6.07) is 15.6. The number of aliphatic hydroxyl groups is 1. The van der Waals surface area contributed by atoms with Crippen LogP contribution in [-0.2, 0) is 12.8 Å².